The van der Waals surface area contributed by atoms with Gasteiger partial charge in [0.1, 0.15) is 5.82 Å². The Kier molecular flexibility index (Phi) is 5.23. The van der Waals surface area contributed by atoms with Crippen molar-refractivity contribution in [2.75, 3.05) is 17.6 Å². The molecule has 0 aliphatic rings. The average molecular weight is 350 g/mol. The lowest BCUT2D eigenvalue weighted by Crippen LogP contribution is -2.27. The van der Waals surface area contributed by atoms with Gasteiger partial charge >= 0.3 is 0 Å². The maximum absolute atomic E-state index is 12.9. The van der Waals surface area contributed by atoms with Crippen molar-refractivity contribution in [3.63, 3.8) is 0 Å². The molecule has 0 bridgehead atoms. The monoisotopic (exact) mass is 350 g/mol. The largest absolute Gasteiger partial charge is 0.346 e. The molecule has 2 rings (SSSR count). The summed E-state index contributed by atoms with van der Waals surface area (Å²) in [6.07, 6.45) is 1.11. The minimum absolute atomic E-state index is 0.281. The van der Waals surface area contributed by atoms with Gasteiger partial charge in [-0.2, -0.15) is 0 Å². The van der Waals surface area contributed by atoms with E-state index in [1.807, 2.05) is 0 Å². The third kappa shape index (κ3) is 4.32. The number of anilines is 1. The van der Waals surface area contributed by atoms with Crippen LogP contribution < -0.4 is 9.62 Å². The van der Waals surface area contributed by atoms with E-state index in [0.29, 0.717) is 11.3 Å². The van der Waals surface area contributed by atoms with Crippen LogP contribution in [0.15, 0.2) is 48.5 Å². The molecule has 0 saturated carbocycles. The van der Waals surface area contributed by atoms with E-state index >= 15 is 0 Å². The number of carbonyl (C=O) groups excluding carboxylic acids is 1. The van der Waals surface area contributed by atoms with Crippen molar-refractivity contribution in [2.24, 2.45) is 0 Å². The first kappa shape index (κ1) is 17.9. The summed E-state index contributed by atoms with van der Waals surface area (Å²) >= 11 is 0. The van der Waals surface area contributed by atoms with Crippen molar-refractivity contribution in [1.29, 1.82) is 0 Å². The summed E-state index contributed by atoms with van der Waals surface area (Å²) < 4.78 is 37.1. The van der Waals surface area contributed by atoms with Crippen LogP contribution in [0.1, 0.15) is 28.9 Å². The summed E-state index contributed by atoms with van der Waals surface area (Å²) in [6.45, 7) is 1.80. The first-order valence-electron chi connectivity index (χ1n) is 7.29. The van der Waals surface area contributed by atoms with Gasteiger partial charge < -0.3 is 5.32 Å². The fourth-order valence-electron chi connectivity index (χ4n) is 2.13. The molecular formula is C17H19FN2O3S. The highest BCUT2D eigenvalue weighted by Gasteiger charge is 2.14. The van der Waals surface area contributed by atoms with E-state index < -0.39 is 10.0 Å². The zero-order chi connectivity index (χ0) is 17.9. The highest BCUT2D eigenvalue weighted by molar-refractivity contribution is 7.92. The third-order valence-electron chi connectivity index (χ3n) is 3.71. The second-order valence-corrected chi connectivity index (χ2v) is 7.54. The number of nitrogens with one attached hydrogen (secondary N) is 1. The fourth-order valence-corrected chi connectivity index (χ4v) is 2.63. The van der Waals surface area contributed by atoms with Crippen LogP contribution in [0.4, 0.5) is 10.1 Å². The minimum atomic E-state index is -3.35. The SMILES string of the molecule is C[C@@H](NC(=O)c1ccc(N(C)S(C)(=O)=O)cc1)c1ccc(F)cc1. The van der Waals surface area contributed by atoms with Crippen LogP contribution in [0.2, 0.25) is 0 Å². The van der Waals surface area contributed by atoms with E-state index in [9.17, 15) is 17.6 Å². The normalized spacial score (nSPS) is 12.5. The highest BCUT2D eigenvalue weighted by Crippen LogP contribution is 2.18. The number of hydrogen-bond donors (Lipinski definition) is 1. The Bertz CT molecular complexity index is 818. The summed E-state index contributed by atoms with van der Waals surface area (Å²) in [6, 6.07) is 11.9. The average Bonchev–Trinajstić information content (AvgIpc) is 2.54. The third-order valence-corrected chi connectivity index (χ3v) is 4.91. The molecule has 7 heteroatoms. The predicted octanol–water partition coefficient (Wildman–Crippen LogP) is 2.71. The first-order chi connectivity index (χ1) is 11.2. The van der Waals surface area contributed by atoms with E-state index in [4.69, 9.17) is 0 Å². The zero-order valence-electron chi connectivity index (χ0n) is 13.7. The maximum Gasteiger partial charge on any atom is 0.251 e. The Labute approximate surface area is 141 Å². The molecule has 1 amide bonds. The Balaban J connectivity index is 2.09. The summed E-state index contributed by atoms with van der Waals surface area (Å²) in [5, 5.41) is 2.82. The summed E-state index contributed by atoms with van der Waals surface area (Å²) in [4.78, 5) is 12.3. The van der Waals surface area contributed by atoms with Gasteiger partial charge in [0, 0.05) is 12.6 Å². The number of benzene rings is 2. The molecule has 2 aromatic carbocycles. The Morgan fingerprint density at radius 3 is 2.12 bits per heavy atom. The second-order valence-electron chi connectivity index (χ2n) is 5.52. The number of nitrogens with zero attached hydrogens (tertiary/aromatic N) is 1. The molecule has 0 radical (unpaired) electrons. The number of halogens is 1. The quantitative estimate of drug-likeness (QED) is 0.902. The molecular weight excluding hydrogens is 331 g/mol. The fraction of sp³-hybridized carbons (Fsp3) is 0.235. The molecule has 128 valence electrons. The van der Waals surface area contributed by atoms with Gasteiger partial charge in [-0.25, -0.2) is 12.8 Å². The lowest BCUT2D eigenvalue weighted by Gasteiger charge is -2.17. The van der Waals surface area contributed by atoms with Crippen LogP contribution in [0.5, 0.6) is 0 Å². The van der Waals surface area contributed by atoms with Crippen molar-refractivity contribution in [1.82, 2.24) is 5.32 Å². The lowest BCUT2D eigenvalue weighted by molar-refractivity contribution is 0.0940. The Hall–Kier alpha value is -2.41. The van der Waals surface area contributed by atoms with Gasteiger partial charge in [-0.1, -0.05) is 12.1 Å². The number of carbonyl (C=O) groups is 1. The van der Waals surface area contributed by atoms with E-state index in [0.717, 1.165) is 16.1 Å². The van der Waals surface area contributed by atoms with Gasteiger partial charge in [-0.05, 0) is 48.9 Å². The topological polar surface area (TPSA) is 66.5 Å². The van der Waals surface area contributed by atoms with E-state index in [-0.39, 0.29) is 17.8 Å². The van der Waals surface area contributed by atoms with Crippen molar-refractivity contribution in [2.45, 2.75) is 13.0 Å². The molecule has 0 saturated heterocycles. The number of amides is 1. The van der Waals surface area contributed by atoms with E-state index in [1.165, 1.54) is 19.2 Å². The zero-order valence-corrected chi connectivity index (χ0v) is 14.5. The molecule has 0 aliphatic carbocycles. The van der Waals surface area contributed by atoms with Gasteiger partial charge in [0.2, 0.25) is 10.0 Å². The van der Waals surface area contributed by atoms with Gasteiger partial charge in [0.05, 0.1) is 18.0 Å². The van der Waals surface area contributed by atoms with Crippen molar-refractivity contribution in [3.05, 3.63) is 65.5 Å². The van der Waals surface area contributed by atoms with Crippen molar-refractivity contribution >= 4 is 21.6 Å². The molecule has 0 aromatic heterocycles. The number of hydrogen-bond acceptors (Lipinski definition) is 3. The first-order valence-corrected chi connectivity index (χ1v) is 9.13. The van der Waals surface area contributed by atoms with Crippen LogP contribution in [-0.4, -0.2) is 27.6 Å². The number of rotatable bonds is 5. The Morgan fingerprint density at radius 1 is 1.08 bits per heavy atom. The van der Waals surface area contributed by atoms with Gasteiger partial charge in [0.25, 0.3) is 5.91 Å². The van der Waals surface area contributed by atoms with Crippen LogP contribution in [0, 0.1) is 5.82 Å². The van der Waals surface area contributed by atoms with Gasteiger partial charge in [-0.15, -0.1) is 0 Å². The molecule has 1 atom stereocenters. The van der Waals surface area contributed by atoms with Crippen molar-refractivity contribution < 1.29 is 17.6 Å². The minimum Gasteiger partial charge on any atom is -0.346 e. The second kappa shape index (κ2) is 7.00. The summed E-state index contributed by atoms with van der Waals surface area (Å²) in [7, 11) is -1.90. The van der Waals surface area contributed by atoms with Crippen LogP contribution in [0.25, 0.3) is 0 Å². The molecule has 0 fully saturated rings. The predicted molar refractivity (Wildman–Crippen MR) is 92.0 cm³/mol. The molecule has 24 heavy (non-hydrogen) atoms. The molecule has 0 spiro atoms. The summed E-state index contributed by atoms with van der Waals surface area (Å²) in [5.74, 6) is -0.622. The molecule has 0 unspecified atom stereocenters. The number of sulfonamides is 1. The Morgan fingerprint density at radius 2 is 1.62 bits per heavy atom. The van der Waals surface area contributed by atoms with Crippen LogP contribution in [-0.2, 0) is 10.0 Å². The van der Waals surface area contributed by atoms with Gasteiger partial charge in [-0.3, -0.25) is 9.10 Å². The van der Waals surface area contributed by atoms with Gasteiger partial charge in [0.15, 0.2) is 0 Å². The van der Waals surface area contributed by atoms with Crippen LogP contribution in [0.3, 0.4) is 0 Å². The molecule has 0 heterocycles. The maximum atomic E-state index is 12.9. The highest BCUT2D eigenvalue weighted by atomic mass is 32.2. The molecule has 5 nitrogen and oxygen atoms in total. The van der Waals surface area contributed by atoms with E-state index in [2.05, 4.69) is 5.32 Å². The molecule has 0 aliphatic heterocycles. The standard InChI is InChI=1S/C17H19FN2O3S/c1-12(13-4-8-15(18)9-5-13)19-17(21)14-6-10-16(11-7-14)20(2)24(3,22)23/h4-12H,1-3H3,(H,19,21)/t12-/m1/s1. The van der Waals surface area contributed by atoms with E-state index in [1.54, 1.807) is 43.3 Å². The smallest absolute Gasteiger partial charge is 0.251 e. The molecule has 1 N–H and O–H groups in total. The molecule has 2 aromatic rings. The summed E-state index contributed by atoms with van der Waals surface area (Å²) in [5.41, 5.74) is 1.67. The van der Waals surface area contributed by atoms with Crippen molar-refractivity contribution in [3.8, 4) is 0 Å². The van der Waals surface area contributed by atoms with Crippen LogP contribution >= 0.6 is 0 Å². The lowest BCUT2D eigenvalue weighted by atomic mass is 10.1.